The SMILES string of the molecule is CN(Cc1cccc(Cl)c1)c1ccc(N)c2nonc12. The molecule has 2 N–H and O–H groups in total. The molecule has 5 nitrogen and oxygen atoms in total. The first-order valence-electron chi connectivity index (χ1n) is 6.11. The minimum absolute atomic E-state index is 0.557. The second-order valence-electron chi connectivity index (χ2n) is 4.62. The zero-order valence-electron chi connectivity index (χ0n) is 10.9. The van der Waals surface area contributed by atoms with Crippen LogP contribution in [0.5, 0.6) is 0 Å². The molecule has 0 spiro atoms. The van der Waals surface area contributed by atoms with E-state index in [2.05, 4.69) is 15.2 Å². The lowest BCUT2D eigenvalue weighted by Gasteiger charge is -2.19. The first kappa shape index (κ1) is 12.7. The van der Waals surface area contributed by atoms with Gasteiger partial charge in [0.1, 0.15) is 0 Å². The van der Waals surface area contributed by atoms with Crippen molar-refractivity contribution < 1.29 is 4.63 Å². The Morgan fingerprint density at radius 2 is 2.00 bits per heavy atom. The average molecular weight is 289 g/mol. The van der Waals surface area contributed by atoms with Gasteiger partial charge in [-0.15, -0.1) is 0 Å². The molecule has 0 saturated carbocycles. The van der Waals surface area contributed by atoms with E-state index in [1.54, 1.807) is 6.07 Å². The molecule has 102 valence electrons. The summed E-state index contributed by atoms with van der Waals surface area (Å²) in [6.07, 6.45) is 0. The largest absolute Gasteiger partial charge is 0.397 e. The van der Waals surface area contributed by atoms with Crippen molar-refractivity contribution >= 4 is 34.0 Å². The van der Waals surface area contributed by atoms with Gasteiger partial charge in [0.25, 0.3) is 0 Å². The Morgan fingerprint density at radius 3 is 2.80 bits per heavy atom. The lowest BCUT2D eigenvalue weighted by Crippen LogP contribution is -2.16. The van der Waals surface area contributed by atoms with Crippen molar-refractivity contribution in [3.63, 3.8) is 0 Å². The van der Waals surface area contributed by atoms with Crippen molar-refractivity contribution in [2.24, 2.45) is 0 Å². The summed E-state index contributed by atoms with van der Waals surface area (Å²) in [6.45, 7) is 0.701. The first-order valence-corrected chi connectivity index (χ1v) is 6.49. The molecule has 3 aromatic rings. The number of hydrogen-bond donors (Lipinski definition) is 1. The zero-order valence-corrected chi connectivity index (χ0v) is 11.6. The number of hydrogen-bond acceptors (Lipinski definition) is 5. The molecule has 3 rings (SSSR count). The van der Waals surface area contributed by atoms with E-state index in [1.165, 1.54) is 0 Å². The van der Waals surface area contributed by atoms with Gasteiger partial charge in [-0.25, -0.2) is 4.63 Å². The van der Waals surface area contributed by atoms with E-state index in [-0.39, 0.29) is 0 Å². The van der Waals surface area contributed by atoms with Crippen LogP contribution in [0.15, 0.2) is 41.0 Å². The number of anilines is 2. The number of nitrogens with two attached hydrogens (primary N) is 1. The molecule has 0 radical (unpaired) electrons. The highest BCUT2D eigenvalue weighted by Gasteiger charge is 2.13. The maximum atomic E-state index is 6.00. The number of benzene rings is 2. The molecule has 0 aliphatic carbocycles. The lowest BCUT2D eigenvalue weighted by molar-refractivity contribution is 0.315. The lowest BCUT2D eigenvalue weighted by atomic mass is 10.2. The van der Waals surface area contributed by atoms with Crippen LogP contribution in [-0.2, 0) is 6.54 Å². The van der Waals surface area contributed by atoms with Crippen LogP contribution in [0.25, 0.3) is 11.0 Å². The third kappa shape index (κ3) is 2.28. The highest BCUT2D eigenvalue weighted by Crippen LogP contribution is 2.28. The summed E-state index contributed by atoms with van der Waals surface area (Å²) in [5.41, 5.74) is 9.67. The van der Waals surface area contributed by atoms with E-state index in [0.717, 1.165) is 16.3 Å². The number of rotatable bonds is 3. The smallest absolute Gasteiger partial charge is 0.160 e. The van der Waals surface area contributed by atoms with Crippen molar-refractivity contribution in [1.82, 2.24) is 10.3 Å². The minimum Gasteiger partial charge on any atom is -0.397 e. The van der Waals surface area contributed by atoms with Crippen LogP contribution in [0.1, 0.15) is 5.56 Å². The van der Waals surface area contributed by atoms with Gasteiger partial charge in [0, 0.05) is 18.6 Å². The Kier molecular flexibility index (Phi) is 3.20. The Morgan fingerprint density at radius 1 is 1.20 bits per heavy atom. The second-order valence-corrected chi connectivity index (χ2v) is 5.06. The molecule has 0 aliphatic rings. The molecule has 0 amide bonds. The summed E-state index contributed by atoms with van der Waals surface area (Å²) in [5, 5.41) is 8.47. The molecule has 0 saturated heterocycles. The van der Waals surface area contributed by atoms with Crippen LogP contribution >= 0.6 is 11.6 Å². The Hall–Kier alpha value is -2.27. The average Bonchev–Trinajstić information content (AvgIpc) is 2.89. The fourth-order valence-corrected chi connectivity index (χ4v) is 2.39. The van der Waals surface area contributed by atoms with Gasteiger partial charge in [0.2, 0.25) is 0 Å². The summed E-state index contributed by atoms with van der Waals surface area (Å²) >= 11 is 6.00. The van der Waals surface area contributed by atoms with Gasteiger partial charge < -0.3 is 10.6 Å². The minimum atomic E-state index is 0.557. The predicted octanol–water partition coefficient (Wildman–Crippen LogP) is 3.09. The summed E-state index contributed by atoms with van der Waals surface area (Å²) in [7, 11) is 1.97. The van der Waals surface area contributed by atoms with Crippen molar-refractivity contribution in [2.45, 2.75) is 6.54 Å². The quantitative estimate of drug-likeness (QED) is 0.750. The van der Waals surface area contributed by atoms with Crippen LogP contribution in [0.4, 0.5) is 11.4 Å². The van der Waals surface area contributed by atoms with Gasteiger partial charge in [-0.05, 0) is 40.1 Å². The highest BCUT2D eigenvalue weighted by molar-refractivity contribution is 6.30. The van der Waals surface area contributed by atoms with Crippen LogP contribution in [0.3, 0.4) is 0 Å². The zero-order chi connectivity index (χ0) is 14.1. The van der Waals surface area contributed by atoms with Gasteiger partial charge in [-0.3, -0.25) is 0 Å². The van der Waals surface area contributed by atoms with Crippen molar-refractivity contribution in [3.8, 4) is 0 Å². The fourth-order valence-electron chi connectivity index (χ4n) is 2.17. The summed E-state index contributed by atoms with van der Waals surface area (Å²) in [6, 6.07) is 11.5. The van der Waals surface area contributed by atoms with Crippen LogP contribution in [-0.4, -0.2) is 17.4 Å². The van der Waals surface area contributed by atoms with E-state index in [1.807, 2.05) is 37.4 Å². The number of fused-ring (bicyclic) bond motifs is 1. The molecule has 1 aromatic heterocycles. The number of nitrogen functional groups attached to an aromatic ring is 1. The normalized spacial score (nSPS) is 10.9. The van der Waals surface area contributed by atoms with Crippen molar-refractivity contribution in [3.05, 3.63) is 47.0 Å². The van der Waals surface area contributed by atoms with Gasteiger partial charge >= 0.3 is 0 Å². The number of halogens is 1. The Bertz CT molecular complexity index is 756. The standard InChI is InChI=1S/C14H13ClN4O/c1-19(8-9-3-2-4-10(15)7-9)12-6-5-11(16)13-14(12)18-20-17-13/h2-7H,8,16H2,1H3. The third-order valence-corrected chi connectivity index (χ3v) is 3.38. The molecular formula is C14H13ClN4O. The van der Waals surface area contributed by atoms with Crippen LogP contribution in [0.2, 0.25) is 5.02 Å². The van der Waals surface area contributed by atoms with Crippen LogP contribution < -0.4 is 10.6 Å². The van der Waals surface area contributed by atoms with Crippen molar-refractivity contribution in [2.75, 3.05) is 17.7 Å². The van der Waals surface area contributed by atoms with E-state index in [0.29, 0.717) is 23.3 Å². The number of aromatic nitrogens is 2. The fraction of sp³-hybridized carbons (Fsp3) is 0.143. The van der Waals surface area contributed by atoms with Gasteiger partial charge in [0.15, 0.2) is 11.0 Å². The van der Waals surface area contributed by atoms with Crippen molar-refractivity contribution in [1.29, 1.82) is 0 Å². The number of nitrogens with zero attached hydrogens (tertiary/aromatic N) is 3. The van der Waals surface area contributed by atoms with E-state index >= 15 is 0 Å². The monoisotopic (exact) mass is 288 g/mol. The molecule has 20 heavy (non-hydrogen) atoms. The Balaban J connectivity index is 1.95. The molecule has 2 aromatic carbocycles. The molecule has 6 heteroatoms. The molecule has 1 heterocycles. The van der Waals surface area contributed by atoms with Gasteiger partial charge in [-0.2, -0.15) is 0 Å². The molecule has 0 bridgehead atoms. The first-order chi connectivity index (χ1) is 9.65. The molecular weight excluding hydrogens is 276 g/mol. The third-order valence-electron chi connectivity index (χ3n) is 3.15. The molecule has 0 fully saturated rings. The predicted molar refractivity (Wildman–Crippen MR) is 79.8 cm³/mol. The maximum absolute atomic E-state index is 6.00. The van der Waals surface area contributed by atoms with E-state index in [4.69, 9.17) is 22.0 Å². The topological polar surface area (TPSA) is 68.2 Å². The van der Waals surface area contributed by atoms with Crippen LogP contribution in [0, 0.1) is 0 Å². The van der Waals surface area contributed by atoms with E-state index < -0.39 is 0 Å². The summed E-state index contributed by atoms with van der Waals surface area (Å²) < 4.78 is 4.78. The van der Waals surface area contributed by atoms with E-state index in [9.17, 15) is 0 Å². The van der Waals surface area contributed by atoms with Gasteiger partial charge in [-0.1, -0.05) is 23.7 Å². The highest BCUT2D eigenvalue weighted by atomic mass is 35.5. The van der Waals surface area contributed by atoms with Gasteiger partial charge in [0.05, 0.1) is 11.4 Å². The Labute approximate surface area is 120 Å². The molecule has 0 aliphatic heterocycles. The maximum Gasteiger partial charge on any atom is 0.160 e. The molecule has 0 atom stereocenters. The summed E-state index contributed by atoms with van der Waals surface area (Å²) in [5.74, 6) is 0. The second kappa shape index (κ2) is 5.02. The molecule has 0 unspecified atom stereocenters. The summed E-state index contributed by atoms with van der Waals surface area (Å²) in [4.78, 5) is 2.05.